The molecule has 4 rings (SSSR count). The molecule has 1 amide bonds. The van der Waals surface area contributed by atoms with Crippen molar-refractivity contribution in [1.82, 2.24) is 9.80 Å². The van der Waals surface area contributed by atoms with Crippen LogP contribution in [0.25, 0.3) is 11.1 Å². The monoisotopic (exact) mass is 487 g/mol. The molecule has 9 nitrogen and oxygen atoms in total. The number of benzene rings is 2. The molecule has 0 aromatic heterocycles. The Labute approximate surface area is 211 Å². The summed E-state index contributed by atoms with van der Waals surface area (Å²) in [5, 5.41) is 18.2. The Hall–Kier alpha value is -4.27. The quantitative estimate of drug-likeness (QED) is 0.323. The maximum absolute atomic E-state index is 13.0. The van der Waals surface area contributed by atoms with E-state index in [4.69, 9.17) is 27.0 Å². The van der Waals surface area contributed by atoms with Crippen molar-refractivity contribution in [2.45, 2.75) is 19.8 Å². The number of hydrogen-bond donors (Lipinski definition) is 5. The van der Waals surface area contributed by atoms with E-state index in [2.05, 4.69) is 11.4 Å². The van der Waals surface area contributed by atoms with Gasteiger partial charge < -0.3 is 31.3 Å². The lowest BCUT2D eigenvalue weighted by molar-refractivity contribution is 0.102. The zero-order valence-corrected chi connectivity index (χ0v) is 20.7. The number of nitrogens with two attached hydrogens (primary N) is 2. The molecule has 0 unspecified atom stereocenters. The Balaban J connectivity index is 1.46. The molecule has 2 heterocycles. The molecule has 2 aromatic rings. The highest BCUT2D eigenvalue weighted by Crippen LogP contribution is 2.32. The van der Waals surface area contributed by atoms with Crippen LogP contribution in [0, 0.1) is 17.7 Å². The van der Waals surface area contributed by atoms with Crippen molar-refractivity contribution >= 4 is 34.7 Å². The Morgan fingerprint density at radius 1 is 0.917 bits per heavy atom. The van der Waals surface area contributed by atoms with Crippen LogP contribution in [0.3, 0.4) is 0 Å². The number of aryl methyl sites for hydroxylation is 1. The van der Waals surface area contributed by atoms with E-state index in [1.165, 1.54) is 5.57 Å². The van der Waals surface area contributed by atoms with Crippen LogP contribution in [0.1, 0.15) is 39.9 Å². The highest BCUT2D eigenvalue weighted by atomic mass is 16.5. The lowest BCUT2D eigenvalue weighted by Gasteiger charge is -2.27. The molecule has 2 aromatic carbocycles. The third-order valence-corrected chi connectivity index (χ3v) is 6.74. The highest BCUT2D eigenvalue weighted by molar-refractivity contribution is 6.05. The van der Waals surface area contributed by atoms with E-state index in [1.54, 1.807) is 24.1 Å². The normalized spacial score (nSPS) is 15.6. The summed E-state index contributed by atoms with van der Waals surface area (Å²) in [4.78, 5) is 16.6. The molecular weight excluding hydrogens is 454 g/mol. The number of hydrogen-bond acceptors (Lipinski definition) is 4. The minimum absolute atomic E-state index is 0.0719. The number of ether oxygens (including phenoxy) is 1. The van der Waals surface area contributed by atoms with Gasteiger partial charge >= 0.3 is 0 Å². The maximum atomic E-state index is 13.0. The van der Waals surface area contributed by atoms with E-state index in [0.717, 1.165) is 47.3 Å². The van der Waals surface area contributed by atoms with Gasteiger partial charge in [0.05, 0.1) is 7.11 Å². The van der Waals surface area contributed by atoms with Crippen LogP contribution < -0.4 is 21.5 Å². The molecular formula is C27H33N7O2. The number of carbonyl (C=O) groups is 1. The fraction of sp³-hybridized carbons (Fsp3) is 0.296. The number of carbonyl (C=O) groups excluding carboxylic acids is 1. The summed E-state index contributed by atoms with van der Waals surface area (Å²) < 4.78 is 5.61. The predicted octanol–water partition coefficient (Wildman–Crippen LogP) is 3.22. The number of amides is 1. The van der Waals surface area contributed by atoms with Gasteiger partial charge in [0.15, 0.2) is 11.9 Å². The first-order chi connectivity index (χ1) is 17.3. The van der Waals surface area contributed by atoms with E-state index in [1.807, 2.05) is 42.2 Å². The van der Waals surface area contributed by atoms with Crippen LogP contribution in [-0.4, -0.2) is 60.9 Å². The van der Waals surface area contributed by atoms with Crippen molar-refractivity contribution in [1.29, 1.82) is 10.8 Å². The minimum atomic E-state index is -0.207. The van der Waals surface area contributed by atoms with Gasteiger partial charge in [0, 0.05) is 43.0 Å². The Morgan fingerprint density at radius 3 is 2.00 bits per heavy atom. The molecule has 7 N–H and O–H groups in total. The van der Waals surface area contributed by atoms with Crippen LogP contribution in [0.15, 0.2) is 48.6 Å². The average molecular weight is 488 g/mol. The van der Waals surface area contributed by atoms with Gasteiger partial charge in [0.2, 0.25) is 0 Å². The van der Waals surface area contributed by atoms with E-state index in [0.29, 0.717) is 30.9 Å². The molecule has 188 valence electrons. The second-order valence-electron chi connectivity index (χ2n) is 9.02. The molecule has 36 heavy (non-hydrogen) atoms. The SMILES string of the molecule is COc1cc(C(=O)Nc2ccc(C3=CCN(C(=N)N)CC3)c(C)c2)ccc1C1=CCN(C(=N)N)CC1. The summed E-state index contributed by atoms with van der Waals surface area (Å²) >= 11 is 0. The van der Waals surface area contributed by atoms with Crippen LogP contribution in [0.5, 0.6) is 5.75 Å². The van der Waals surface area contributed by atoms with E-state index in [-0.39, 0.29) is 17.8 Å². The predicted molar refractivity (Wildman–Crippen MR) is 144 cm³/mol. The summed E-state index contributed by atoms with van der Waals surface area (Å²) in [6.45, 7) is 4.65. The molecule has 9 heteroatoms. The minimum Gasteiger partial charge on any atom is -0.496 e. The Bertz CT molecular complexity index is 1260. The molecule has 0 aliphatic carbocycles. The van der Waals surface area contributed by atoms with Gasteiger partial charge in [-0.1, -0.05) is 24.3 Å². The number of rotatable bonds is 5. The van der Waals surface area contributed by atoms with E-state index in [9.17, 15) is 4.79 Å². The van der Waals surface area contributed by atoms with Crippen LogP contribution in [0.4, 0.5) is 5.69 Å². The first kappa shape index (κ1) is 24.8. The van der Waals surface area contributed by atoms with E-state index < -0.39 is 0 Å². The van der Waals surface area contributed by atoms with Gasteiger partial charge in [0.25, 0.3) is 5.91 Å². The van der Waals surface area contributed by atoms with Gasteiger partial charge in [-0.3, -0.25) is 15.6 Å². The third-order valence-electron chi connectivity index (χ3n) is 6.74. The molecule has 0 radical (unpaired) electrons. The zero-order valence-electron chi connectivity index (χ0n) is 20.7. The molecule has 2 aliphatic rings. The van der Waals surface area contributed by atoms with Gasteiger partial charge in [0.1, 0.15) is 5.75 Å². The number of anilines is 1. The van der Waals surface area contributed by atoms with Crippen LogP contribution in [-0.2, 0) is 0 Å². The largest absolute Gasteiger partial charge is 0.496 e. The second-order valence-corrected chi connectivity index (χ2v) is 9.02. The number of nitrogens with zero attached hydrogens (tertiary/aromatic N) is 2. The Morgan fingerprint density at radius 2 is 1.50 bits per heavy atom. The van der Waals surface area contributed by atoms with Crippen LogP contribution >= 0.6 is 0 Å². The van der Waals surface area contributed by atoms with Gasteiger partial charge in [-0.25, -0.2) is 0 Å². The van der Waals surface area contributed by atoms with Crippen molar-refractivity contribution < 1.29 is 9.53 Å². The van der Waals surface area contributed by atoms with Crippen LogP contribution in [0.2, 0.25) is 0 Å². The summed E-state index contributed by atoms with van der Waals surface area (Å²) in [6.07, 6.45) is 5.72. The van der Waals surface area contributed by atoms with Gasteiger partial charge in [-0.15, -0.1) is 0 Å². The molecule has 0 bridgehead atoms. The fourth-order valence-corrected chi connectivity index (χ4v) is 4.67. The molecule has 0 spiro atoms. The van der Waals surface area contributed by atoms with Crippen molar-refractivity contribution in [3.63, 3.8) is 0 Å². The number of nitrogens with one attached hydrogen (secondary N) is 3. The van der Waals surface area contributed by atoms with E-state index >= 15 is 0 Å². The average Bonchev–Trinajstić information content (AvgIpc) is 2.88. The first-order valence-electron chi connectivity index (χ1n) is 11.9. The smallest absolute Gasteiger partial charge is 0.255 e. The molecule has 0 saturated heterocycles. The summed E-state index contributed by atoms with van der Waals surface area (Å²) in [5.41, 5.74) is 17.9. The van der Waals surface area contributed by atoms with Crippen molar-refractivity contribution in [2.75, 3.05) is 38.6 Å². The lowest BCUT2D eigenvalue weighted by atomic mass is 9.95. The van der Waals surface area contributed by atoms with Crippen molar-refractivity contribution in [3.8, 4) is 5.75 Å². The highest BCUT2D eigenvalue weighted by Gasteiger charge is 2.19. The standard InChI is InChI=1S/C27H33N7O2/c1-17-15-21(4-6-22(17)18-7-11-33(12-8-18)26(28)29)32-25(35)20-3-5-23(24(16-20)36-2)19-9-13-34(14-10-19)27(30)31/h3-7,9,15-16H,8,10-14H2,1-2H3,(H3,28,29)(H3,30,31)(H,32,35). The zero-order chi connectivity index (χ0) is 25.8. The maximum Gasteiger partial charge on any atom is 0.255 e. The Kier molecular flexibility index (Phi) is 7.28. The third kappa shape index (κ3) is 5.35. The first-order valence-corrected chi connectivity index (χ1v) is 11.9. The fourth-order valence-electron chi connectivity index (χ4n) is 4.67. The van der Waals surface area contributed by atoms with Gasteiger partial charge in [-0.2, -0.15) is 0 Å². The summed E-state index contributed by atoms with van der Waals surface area (Å²) in [7, 11) is 1.60. The van der Waals surface area contributed by atoms with Gasteiger partial charge in [-0.05, 0) is 66.3 Å². The van der Waals surface area contributed by atoms with Crippen molar-refractivity contribution in [3.05, 3.63) is 70.8 Å². The molecule has 0 saturated carbocycles. The number of guanidine groups is 2. The summed E-state index contributed by atoms with van der Waals surface area (Å²) in [6, 6.07) is 11.4. The number of methoxy groups -OCH3 is 1. The lowest BCUT2D eigenvalue weighted by Crippen LogP contribution is -2.39. The summed E-state index contributed by atoms with van der Waals surface area (Å²) in [5.74, 6) is 0.601. The molecule has 0 fully saturated rings. The topological polar surface area (TPSA) is 145 Å². The second kappa shape index (κ2) is 10.6. The molecule has 0 atom stereocenters. The molecule has 2 aliphatic heterocycles. The van der Waals surface area contributed by atoms with Crippen molar-refractivity contribution in [2.24, 2.45) is 11.5 Å².